The van der Waals surface area contributed by atoms with Gasteiger partial charge < -0.3 is 59.7 Å². The molecule has 2 saturated heterocycles. The molecule has 0 spiro atoms. The van der Waals surface area contributed by atoms with Crippen LogP contribution in [-0.2, 0) is 33.2 Å². The fourth-order valence-electron chi connectivity index (χ4n) is 4.98. The van der Waals surface area contributed by atoms with E-state index in [2.05, 4.69) is 33.5 Å². The van der Waals surface area contributed by atoms with E-state index in [9.17, 15) is 24.0 Å². The molecule has 55 heavy (non-hydrogen) atoms. The number of ether oxygens (including phenoxy) is 7. The molecule has 0 aromatic heterocycles. The summed E-state index contributed by atoms with van der Waals surface area (Å²) in [4.78, 5) is 62.5. The molecule has 0 aromatic rings. The summed E-state index contributed by atoms with van der Waals surface area (Å²) in [6.07, 6.45) is 10.3. The lowest BCUT2D eigenvalue weighted by molar-refractivity contribution is 0.0275. The van der Waals surface area contributed by atoms with Gasteiger partial charge in [0.2, 0.25) is 0 Å². The summed E-state index contributed by atoms with van der Waals surface area (Å²) >= 11 is 0. The smallest absolute Gasteiger partial charge is 0.407 e. The predicted molar refractivity (Wildman–Crippen MR) is 203 cm³/mol. The third kappa shape index (κ3) is 29.4. The number of hydrogen-bond acceptors (Lipinski definition) is 12. The van der Waals surface area contributed by atoms with Crippen molar-refractivity contribution in [1.82, 2.24) is 31.5 Å². The molecule has 0 aromatic carbocycles. The summed E-state index contributed by atoms with van der Waals surface area (Å²) in [5.41, 5.74) is 0. The van der Waals surface area contributed by atoms with Gasteiger partial charge in [-0.2, -0.15) is 0 Å². The molecule has 5 N–H and O–H groups in total. The Morgan fingerprint density at radius 1 is 0.491 bits per heavy atom. The van der Waals surface area contributed by atoms with E-state index in [0.717, 1.165) is 90.1 Å². The van der Waals surface area contributed by atoms with Crippen molar-refractivity contribution < 1.29 is 57.1 Å². The molecule has 2 aliphatic rings. The van der Waals surface area contributed by atoms with Crippen molar-refractivity contribution in [1.29, 1.82) is 0 Å². The molecule has 0 saturated carbocycles. The van der Waals surface area contributed by atoms with Gasteiger partial charge in [0, 0.05) is 45.9 Å². The number of rotatable bonds is 34. The number of urea groups is 2. The maximum atomic E-state index is 13.1. The van der Waals surface area contributed by atoms with Crippen molar-refractivity contribution >= 4 is 30.3 Å². The van der Waals surface area contributed by atoms with Gasteiger partial charge in [-0.3, -0.25) is 0 Å². The lowest BCUT2D eigenvalue weighted by Crippen LogP contribution is -2.49. The fraction of sp³-hybridized carbons (Fsp3) is 0.865. The number of imide groups is 1. The number of carbonyl (C=O) groups excluding carboxylic acids is 5. The Hall–Kier alpha value is -3.61. The lowest BCUT2D eigenvalue weighted by Gasteiger charge is -2.22. The summed E-state index contributed by atoms with van der Waals surface area (Å²) in [6, 6.07) is -0.878. The standard InChI is InChI=1S/C37H68N6O12/c1-2-3-22-49-23-24-50-25-26-51-35(46)40-18-12-6-4-10-16-38-33(44)43(21-15-9-8-14-20-42-37(48)55-30-32-28-53-32)34(45)39-17-11-5-7-13-19-41-36(47)54-29-31-27-52-31/h31-32H,2-30H2,1H3,(H,38,44)(H,39,45)(H,40,46)(H,41,47)(H,42,48). The molecule has 2 unspecified atom stereocenters. The highest BCUT2D eigenvalue weighted by Gasteiger charge is 2.25. The first-order valence-corrected chi connectivity index (χ1v) is 20.3. The molecular weight excluding hydrogens is 720 g/mol. The second-order valence-corrected chi connectivity index (χ2v) is 13.5. The Morgan fingerprint density at radius 3 is 1.31 bits per heavy atom. The molecule has 0 aliphatic carbocycles. The van der Waals surface area contributed by atoms with Gasteiger partial charge in [0.05, 0.1) is 33.0 Å². The number of nitrogens with one attached hydrogen (secondary N) is 5. The van der Waals surface area contributed by atoms with Crippen LogP contribution in [0.1, 0.15) is 96.8 Å². The molecule has 2 rings (SSSR count). The minimum atomic E-state index is -0.475. The van der Waals surface area contributed by atoms with Crippen LogP contribution in [0.25, 0.3) is 0 Å². The number of carbonyl (C=O) groups is 5. The van der Waals surface area contributed by atoms with E-state index in [1.807, 2.05) is 0 Å². The Balaban J connectivity index is 1.55. The van der Waals surface area contributed by atoms with Gasteiger partial charge in [-0.1, -0.05) is 51.9 Å². The average Bonchev–Trinajstić information content (AvgIpc) is 4.12. The Labute approximate surface area is 326 Å². The molecule has 318 valence electrons. The zero-order valence-corrected chi connectivity index (χ0v) is 33.0. The van der Waals surface area contributed by atoms with Crippen LogP contribution >= 0.6 is 0 Å². The number of alkyl carbamates (subject to hydrolysis) is 3. The van der Waals surface area contributed by atoms with E-state index in [0.29, 0.717) is 72.2 Å². The highest BCUT2D eigenvalue weighted by Crippen LogP contribution is 2.09. The molecule has 2 atom stereocenters. The van der Waals surface area contributed by atoms with Crippen LogP contribution in [0.2, 0.25) is 0 Å². The predicted octanol–water partition coefficient (Wildman–Crippen LogP) is 4.20. The number of unbranched alkanes of at least 4 members (excludes halogenated alkanes) is 10. The van der Waals surface area contributed by atoms with Crippen molar-refractivity contribution in [3.05, 3.63) is 0 Å². The summed E-state index contributed by atoms with van der Waals surface area (Å²) in [5.74, 6) is 0. The zero-order valence-electron chi connectivity index (χ0n) is 33.0. The minimum absolute atomic E-state index is 0.0247. The van der Waals surface area contributed by atoms with E-state index < -0.39 is 30.3 Å². The van der Waals surface area contributed by atoms with Crippen molar-refractivity contribution in [2.75, 3.05) is 98.7 Å². The van der Waals surface area contributed by atoms with Gasteiger partial charge in [0.25, 0.3) is 0 Å². The molecule has 0 radical (unpaired) electrons. The quantitative estimate of drug-likeness (QED) is 0.0352. The average molecular weight is 789 g/mol. The molecule has 18 nitrogen and oxygen atoms in total. The Bertz CT molecular complexity index is 1050. The first kappa shape index (κ1) is 47.5. The maximum absolute atomic E-state index is 13.1. The first-order chi connectivity index (χ1) is 26.9. The number of hydrogen-bond donors (Lipinski definition) is 5. The molecule has 0 bridgehead atoms. The summed E-state index contributed by atoms with van der Waals surface area (Å²) in [6.45, 7) is 8.75. The Kier molecular flexibility index (Phi) is 28.2. The first-order valence-electron chi connectivity index (χ1n) is 20.3. The van der Waals surface area contributed by atoms with E-state index >= 15 is 0 Å². The van der Waals surface area contributed by atoms with E-state index in [-0.39, 0.29) is 38.6 Å². The summed E-state index contributed by atoms with van der Waals surface area (Å²) < 4.78 is 36.0. The molecule has 18 heteroatoms. The second kappa shape index (κ2) is 32.6. The van der Waals surface area contributed by atoms with Gasteiger partial charge in [0.15, 0.2) is 0 Å². The van der Waals surface area contributed by atoms with Crippen LogP contribution < -0.4 is 26.6 Å². The summed E-state index contributed by atoms with van der Waals surface area (Å²) in [7, 11) is 0. The number of nitrogens with zero attached hydrogens (tertiary/aromatic N) is 1. The largest absolute Gasteiger partial charge is 0.447 e. The molecule has 2 fully saturated rings. The van der Waals surface area contributed by atoms with Crippen LogP contribution in [0.5, 0.6) is 0 Å². The van der Waals surface area contributed by atoms with Crippen LogP contribution in [0.3, 0.4) is 0 Å². The van der Waals surface area contributed by atoms with E-state index in [1.54, 1.807) is 0 Å². The van der Waals surface area contributed by atoms with Crippen molar-refractivity contribution in [3.8, 4) is 0 Å². The van der Waals surface area contributed by atoms with Crippen LogP contribution in [-0.4, -0.2) is 146 Å². The van der Waals surface area contributed by atoms with E-state index in [1.165, 1.54) is 4.90 Å². The van der Waals surface area contributed by atoms with Gasteiger partial charge in [-0.05, 0) is 44.9 Å². The number of epoxide rings is 2. The van der Waals surface area contributed by atoms with Crippen molar-refractivity contribution in [2.45, 2.75) is 109 Å². The maximum Gasteiger partial charge on any atom is 0.407 e. The second-order valence-electron chi connectivity index (χ2n) is 13.5. The van der Waals surface area contributed by atoms with E-state index in [4.69, 9.17) is 33.2 Å². The van der Waals surface area contributed by atoms with Crippen molar-refractivity contribution in [3.63, 3.8) is 0 Å². The highest BCUT2D eigenvalue weighted by atomic mass is 16.6. The lowest BCUT2D eigenvalue weighted by atomic mass is 10.2. The van der Waals surface area contributed by atoms with Gasteiger partial charge >= 0.3 is 30.3 Å². The SMILES string of the molecule is CCCCOCCOCCOC(=O)NCCCCCCNC(=O)N(CCCCCCNC(=O)OCC1CO1)C(=O)NCCCCCCNC(=O)OCC1CO1. The van der Waals surface area contributed by atoms with Crippen molar-refractivity contribution in [2.24, 2.45) is 0 Å². The van der Waals surface area contributed by atoms with Gasteiger partial charge in [-0.15, -0.1) is 0 Å². The normalized spacial score (nSPS) is 15.4. The topological polar surface area (TPSA) is 220 Å². The third-order valence-corrected chi connectivity index (χ3v) is 8.45. The summed E-state index contributed by atoms with van der Waals surface area (Å²) in [5, 5.41) is 13.9. The monoisotopic (exact) mass is 788 g/mol. The molecule has 2 heterocycles. The molecular formula is C37H68N6O12. The fourth-order valence-corrected chi connectivity index (χ4v) is 4.98. The zero-order chi connectivity index (χ0) is 39.6. The van der Waals surface area contributed by atoms with Gasteiger partial charge in [-0.25, -0.2) is 28.9 Å². The molecule has 7 amide bonds. The number of amides is 7. The van der Waals surface area contributed by atoms with Crippen LogP contribution in [0.15, 0.2) is 0 Å². The highest BCUT2D eigenvalue weighted by molar-refractivity contribution is 5.93. The Morgan fingerprint density at radius 2 is 0.873 bits per heavy atom. The third-order valence-electron chi connectivity index (χ3n) is 8.45. The minimum Gasteiger partial charge on any atom is -0.447 e. The van der Waals surface area contributed by atoms with Gasteiger partial charge in [0.1, 0.15) is 32.0 Å². The van der Waals surface area contributed by atoms with Crippen LogP contribution in [0, 0.1) is 0 Å². The van der Waals surface area contributed by atoms with Crippen LogP contribution in [0.4, 0.5) is 24.0 Å². The molecule has 2 aliphatic heterocycles.